The number of nitrogens with one attached hydrogen (secondary N) is 1. The lowest BCUT2D eigenvalue weighted by atomic mass is 10.1. The number of nitrogens with zero attached hydrogens (tertiary/aromatic N) is 1. The molecule has 1 saturated heterocycles. The predicted octanol–water partition coefficient (Wildman–Crippen LogP) is 5.39. The topological polar surface area (TPSA) is 43.0 Å². The molecule has 0 amide bonds. The zero-order valence-corrected chi connectivity index (χ0v) is 18.7. The third kappa shape index (κ3) is 5.89. The van der Waals surface area contributed by atoms with E-state index in [1.54, 1.807) is 32.4 Å². The van der Waals surface area contributed by atoms with Gasteiger partial charge in [-0.3, -0.25) is 0 Å². The number of hydrogen-bond acceptors (Lipinski definition) is 4. The molecular weight excluding hydrogens is 431 g/mol. The van der Waals surface area contributed by atoms with E-state index in [1.165, 1.54) is 0 Å². The van der Waals surface area contributed by atoms with Crippen molar-refractivity contribution in [1.29, 1.82) is 0 Å². The van der Waals surface area contributed by atoms with Crippen LogP contribution >= 0.6 is 35.4 Å². The van der Waals surface area contributed by atoms with E-state index in [0.29, 0.717) is 33.9 Å². The molecule has 0 radical (unpaired) electrons. The number of hydrogen-bond donors (Lipinski definition) is 1. The van der Waals surface area contributed by atoms with E-state index in [0.717, 1.165) is 36.5 Å². The minimum Gasteiger partial charge on any atom is -0.497 e. The molecule has 1 N–H and O–H groups in total. The predicted molar refractivity (Wildman–Crippen MR) is 122 cm³/mol. The van der Waals surface area contributed by atoms with Crippen LogP contribution in [0.3, 0.4) is 0 Å². The van der Waals surface area contributed by atoms with Gasteiger partial charge in [0.25, 0.3) is 0 Å². The van der Waals surface area contributed by atoms with Gasteiger partial charge in [-0.1, -0.05) is 23.2 Å². The second kappa shape index (κ2) is 10.3. The SMILES string of the molecule is COc1ccc(CN(C[C@@H]2CCCO2)C(=S)Nc2cc(Cl)ccc2Cl)c(OC)c1. The highest BCUT2D eigenvalue weighted by atomic mass is 35.5. The summed E-state index contributed by atoms with van der Waals surface area (Å²) in [5.41, 5.74) is 1.66. The quantitative estimate of drug-likeness (QED) is 0.565. The maximum atomic E-state index is 6.30. The lowest BCUT2D eigenvalue weighted by Gasteiger charge is -2.29. The molecule has 1 aliphatic heterocycles. The Morgan fingerprint density at radius 1 is 1.21 bits per heavy atom. The number of methoxy groups -OCH3 is 2. The van der Waals surface area contributed by atoms with Crippen molar-refractivity contribution in [2.24, 2.45) is 0 Å². The number of benzene rings is 2. The van der Waals surface area contributed by atoms with E-state index < -0.39 is 0 Å². The fourth-order valence-electron chi connectivity index (χ4n) is 3.23. The highest BCUT2D eigenvalue weighted by molar-refractivity contribution is 7.80. The molecule has 2 aromatic carbocycles. The van der Waals surface area contributed by atoms with Crippen LogP contribution in [-0.4, -0.2) is 43.5 Å². The molecular formula is C21H24Cl2N2O3S. The minimum absolute atomic E-state index is 0.133. The summed E-state index contributed by atoms with van der Waals surface area (Å²) in [5.74, 6) is 1.48. The molecule has 0 spiro atoms. The lowest BCUT2D eigenvalue weighted by Crippen LogP contribution is -2.39. The van der Waals surface area contributed by atoms with Crippen LogP contribution in [0, 0.1) is 0 Å². The first kappa shape index (κ1) is 22.0. The van der Waals surface area contributed by atoms with Crippen molar-refractivity contribution in [3.63, 3.8) is 0 Å². The van der Waals surface area contributed by atoms with E-state index in [-0.39, 0.29) is 6.10 Å². The number of halogens is 2. The van der Waals surface area contributed by atoms with Crippen LogP contribution in [0.5, 0.6) is 11.5 Å². The van der Waals surface area contributed by atoms with Crippen molar-refractivity contribution < 1.29 is 14.2 Å². The Hall–Kier alpha value is -1.73. The average molecular weight is 455 g/mol. The fraction of sp³-hybridized carbons (Fsp3) is 0.381. The molecule has 1 fully saturated rings. The number of thiocarbonyl (C=S) groups is 1. The molecule has 1 heterocycles. The second-order valence-corrected chi connectivity index (χ2v) is 7.98. The van der Waals surface area contributed by atoms with Crippen LogP contribution in [0.1, 0.15) is 18.4 Å². The number of ether oxygens (including phenoxy) is 3. The first-order valence-electron chi connectivity index (χ1n) is 9.33. The van der Waals surface area contributed by atoms with E-state index in [1.807, 2.05) is 18.2 Å². The summed E-state index contributed by atoms with van der Waals surface area (Å²) in [5, 5.41) is 4.91. The van der Waals surface area contributed by atoms with Gasteiger partial charge in [-0.2, -0.15) is 0 Å². The van der Waals surface area contributed by atoms with E-state index in [4.69, 9.17) is 49.6 Å². The van der Waals surface area contributed by atoms with Crippen LogP contribution in [-0.2, 0) is 11.3 Å². The summed E-state index contributed by atoms with van der Waals surface area (Å²) in [4.78, 5) is 2.06. The summed E-state index contributed by atoms with van der Waals surface area (Å²) in [6, 6.07) is 11.0. The van der Waals surface area contributed by atoms with Gasteiger partial charge in [-0.25, -0.2) is 0 Å². The molecule has 1 aliphatic rings. The van der Waals surface area contributed by atoms with Crippen molar-refractivity contribution in [3.8, 4) is 11.5 Å². The summed E-state index contributed by atoms with van der Waals surface area (Å²) in [7, 11) is 3.27. The molecule has 0 aromatic heterocycles. The Balaban J connectivity index is 1.82. The van der Waals surface area contributed by atoms with E-state index in [2.05, 4.69) is 10.2 Å². The number of anilines is 1. The van der Waals surface area contributed by atoms with Gasteiger partial charge >= 0.3 is 0 Å². The Bertz CT molecular complexity index is 860. The van der Waals surface area contributed by atoms with Crippen molar-refractivity contribution >= 4 is 46.2 Å². The van der Waals surface area contributed by atoms with E-state index in [9.17, 15) is 0 Å². The largest absolute Gasteiger partial charge is 0.497 e. The molecule has 0 saturated carbocycles. The van der Waals surface area contributed by atoms with Crippen molar-refractivity contribution in [2.75, 3.05) is 32.7 Å². The lowest BCUT2D eigenvalue weighted by molar-refractivity contribution is 0.0903. The van der Waals surface area contributed by atoms with Gasteiger partial charge in [0.2, 0.25) is 0 Å². The van der Waals surface area contributed by atoms with E-state index >= 15 is 0 Å². The molecule has 156 valence electrons. The molecule has 2 aromatic rings. The molecule has 0 aliphatic carbocycles. The van der Waals surface area contributed by atoms with Gasteiger partial charge in [0.05, 0.1) is 31.0 Å². The first-order chi connectivity index (χ1) is 14.0. The van der Waals surface area contributed by atoms with Crippen LogP contribution in [0.15, 0.2) is 36.4 Å². The van der Waals surface area contributed by atoms with Crippen LogP contribution in [0.25, 0.3) is 0 Å². The van der Waals surface area contributed by atoms with Gasteiger partial charge in [0.15, 0.2) is 5.11 Å². The molecule has 5 nitrogen and oxygen atoms in total. The van der Waals surface area contributed by atoms with Gasteiger partial charge in [0.1, 0.15) is 11.5 Å². The zero-order valence-electron chi connectivity index (χ0n) is 16.4. The van der Waals surface area contributed by atoms with Crippen LogP contribution in [0.2, 0.25) is 10.0 Å². The van der Waals surface area contributed by atoms with Crippen molar-refractivity contribution in [2.45, 2.75) is 25.5 Å². The average Bonchev–Trinajstić information content (AvgIpc) is 3.23. The summed E-state index contributed by atoms with van der Waals surface area (Å²) in [6.45, 7) is 2.00. The van der Waals surface area contributed by atoms with Crippen molar-refractivity contribution in [3.05, 3.63) is 52.0 Å². The van der Waals surface area contributed by atoms with Crippen molar-refractivity contribution in [1.82, 2.24) is 4.90 Å². The Kier molecular flexibility index (Phi) is 7.84. The number of rotatable bonds is 7. The zero-order chi connectivity index (χ0) is 20.8. The minimum atomic E-state index is 0.133. The standard InChI is InChI=1S/C21H24Cl2N2O3S/c1-26-16-7-5-14(20(11-16)27-2)12-25(13-17-4-3-9-28-17)21(29)24-19-10-15(22)6-8-18(19)23/h5-8,10-11,17H,3-4,9,12-13H2,1-2H3,(H,24,29)/t17-/m0/s1. The normalized spacial score (nSPS) is 15.8. The molecule has 3 rings (SSSR count). The first-order valence-corrected chi connectivity index (χ1v) is 10.5. The van der Waals surface area contributed by atoms with Crippen LogP contribution < -0.4 is 14.8 Å². The highest BCUT2D eigenvalue weighted by Gasteiger charge is 2.22. The Morgan fingerprint density at radius 2 is 2.03 bits per heavy atom. The summed E-state index contributed by atoms with van der Waals surface area (Å²) in [6.07, 6.45) is 2.20. The maximum Gasteiger partial charge on any atom is 0.173 e. The summed E-state index contributed by atoms with van der Waals surface area (Å²) < 4.78 is 16.7. The second-order valence-electron chi connectivity index (χ2n) is 6.75. The molecule has 1 atom stereocenters. The molecule has 0 unspecified atom stereocenters. The monoisotopic (exact) mass is 454 g/mol. The molecule has 29 heavy (non-hydrogen) atoms. The molecule has 0 bridgehead atoms. The third-order valence-corrected chi connectivity index (χ3v) is 5.69. The fourth-order valence-corrected chi connectivity index (χ4v) is 3.81. The molecule has 8 heteroatoms. The van der Waals surface area contributed by atoms with Gasteiger partial charge in [-0.15, -0.1) is 0 Å². The highest BCUT2D eigenvalue weighted by Crippen LogP contribution is 2.28. The van der Waals surface area contributed by atoms with Gasteiger partial charge < -0.3 is 24.4 Å². The third-order valence-electron chi connectivity index (χ3n) is 4.76. The van der Waals surface area contributed by atoms with Crippen LogP contribution in [0.4, 0.5) is 5.69 Å². The Labute approximate surface area is 186 Å². The Morgan fingerprint density at radius 3 is 2.72 bits per heavy atom. The summed E-state index contributed by atoms with van der Waals surface area (Å²) >= 11 is 18.1. The van der Waals surface area contributed by atoms with Gasteiger partial charge in [0, 0.05) is 36.3 Å². The van der Waals surface area contributed by atoms with Gasteiger partial charge in [-0.05, 0) is 55.4 Å². The smallest absolute Gasteiger partial charge is 0.173 e. The maximum absolute atomic E-state index is 6.30.